The molecule has 0 saturated heterocycles. The van der Waals surface area contributed by atoms with Gasteiger partial charge in [-0.1, -0.05) is 26.0 Å². The molecule has 0 unspecified atom stereocenters. The third-order valence-electron chi connectivity index (χ3n) is 3.44. The lowest BCUT2D eigenvalue weighted by Crippen LogP contribution is -2.70. The fourth-order valence-corrected chi connectivity index (χ4v) is 2.08. The van der Waals surface area contributed by atoms with Crippen molar-refractivity contribution >= 4 is 17.8 Å². The van der Waals surface area contributed by atoms with Gasteiger partial charge in [0.1, 0.15) is 11.8 Å². The SMILES string of the molecule is CC(C)[C@H](NC(=O)[C@H]([NH3+])Cc1ccc(O)cc1)C(=O)NCC(=O)[O-]. The molecule has 0 aliphatic heterocycles. The number of phenols is 1. The highest BCUT2D eigenvalue weighted by molar-refractivity contribution is 5.90. The molecule has 0 saturated carbocycles. The summed E-state index contributed by atoms with van der Waals surface area (Å²) in [5.41, 5.74) is 4.62. The summed E-state index contributed by atoms with van der Waals surface area (Å²) in [7, 11) is 0. The number of hydrogen-bond acceptors (Lipinski definition) is 5. The molecule has 6 N–H and O–H groups in total. The van der Waals surface area contributed by atoms with Gasteiger partial charge in [0.2, 0.25) is 5.91 Å². The van der Waals surface area contributed by atoms with E-state index in [9.17, 15) is 24.6 Å². The molecule has 0 aromatic heterocycles. The van der Waals surface area contributed by atoms with Crippen LogP contribution in [0.2, 0.25) is 0 Å². The van der Waals surface area contributed by atoms with Gasteiger partial charge < -0.3 is 31.4 Å². The van der Waals surface area contributed by atoms with Crippen molar-refractivity contribution in [3.05, 3.63) is 29.8 Å². The Kier molecular flexibility index (Phi) is 7.19. The Balaban J connectivity index is 2.64. The monoisotopic (exact) mass is 337 g/mol. The quantitative estimate of drug-likeness (QED) is 0.416. The van der Waals surface area contributed by atoms with E-state index in [1.54, 1.807) is 26.0 Å². The molecule has 0 heterocycles. The summed E-state index contributed by atoms with van der Waals surface area (Å²) in [4.78, 5) is 34.6. The van der Waals surface area contributed by atoms with Gasteiger partial charge in [0, 0.05) is 6.42 Å². The number of aliphatic carboxylic acids is 1. The van der Waals surface area contributed by atoms with E-state index in [4.69, 9.17) is 0 Å². The van der Waals surface area contributed by atoms with Crippen molar-refractivity contribution < 1.29 is 30.3 Å². The number of hydrogen-bond donors (Lipinski definition) is 4. The average Bonchev–Trinajstić information content (AvgIpc) is 2.51. The van der Waals surface area contributed by atoms with Crippen molar-refractivity contribution in [3.8, 4) is 5.75 Å². The van der Waals surface area contributed by atoms with Gasteiger partial charge >= 0.3 is 0 Å². The molecular formula is C16H23N3O5. The van der Waals surface area contributed by atoms with Gasteiger partial charge in [-0.25, -0.2) is 0 Å². The molecule has 0 aliphatic carbocycles. The Bertz CT molecular complexity index is 586. The van der Waals surface area contributed by atoms with E-state index in [-0.39, 0.29) is 11.7 Å². The van der Waals surface area contributed by atoms with Crippen molar-refractivity contribution in [2.45, 2.75) is 32.4 Å². The summed E-state index contributed by atoms with van der Waals surface area (Å²) in [5, 5.41) is 24.5. The summed E-state index contributed by atoms with van der Waals surface area (Å²) >= 11 is 0. The van der Waals surface area contributed by atoms with Gasteiger partial charge in [0.25, 0.3) is 5.91 Å². The molecule has 2 amide bonds. The molecule has 0 aliphatic rings. The minimum absolute atomic E-state index is 0.133. The zero-order chi connectivity index (χ0) is 18.3. The van der Waals surface area contributed by atoms with Crippen LogP contribution in [0.4, 0.5) is 0 Å². The second-order valence-corrected chi connectivity index (χ2v) is 5.89. The first-order chi connectivity index (χ1) is 11.2. The third kappa shape index (κ3) is 6.25. The topological polar surface area (TPSA) is 146 Å². The lowest BCUT2D eigenvalue weighted by molar-refractivity contribution is -0.403. The Hall–Kier alpha value is -2.61. The summed E-state index contributed by atoms with van der Waals surface area (Å²) in [6.07, 6.45) is 0.345. The molecule has 8 nitrogen and oxygen atoms in total. The van der Waals surface area contributed by atoms with Crippen LogP contribution in [0.5, 0.6) is 5.75 Å². The van der Waals surface area contributed by atoms with Crippen LogP contribution in [0, 0.1) is 5.92 Å². The fourth-order valence-electron chi connectivity index (χ4n) is 2.08. The van der Waals surface area contributed by atoms with Crippen LogP contribution in [0.15, 0.2) is 24.3 Å². The first-order valence-corrected chi connectivity index (χ1v) is 7.59. The number of amides is 2. The molecule has 0 spiro atoms. The zero-order valence-corrected chi connectivity index (χ0v) is 13.7. The maximum absolute atomic E-state index is 12.2. The van der Waals surface area contributed by atoms with E-state index in [2.05, 4.69) is 16.4 Å². The Morgan fingerprint density at radius 3 is 2.25 bits per heavy atom. The summed E-state index contributed by atoms with van der Waals surface area (Å²) < 4.78 is 0. The van der Waals surface area contributed by atoms with Gasteiger partial charge in [-0.3, -0.25) is 9.59 Å². The van der Waals surface area contributed by atoms with Crippen LogP contribution >= 0.6 is 0 Å². The average molecular weight is 337 g/mol. The second-order valence-electron chi connectivity index (χ2n) is 5.89. The number of quaternary nitrogens is 1. The smallest absolute Gasteiger partial charge is 0.279 e. The summed E-state index contributed by atoms with van der Waals surface area (Å²) in [5.74, 6) is -2.49. The van der Waals surface area contributed by atoms with Crippen LogP contribution < -0.4 is 21.5 Å². The molecule has 2 atom stereocenters. The van der Waals surface area contributed by atoms with Crippen molar-refractivity contribution in [2.24, 2.45) is 5.92 Å². The zero-order valence-electron chi connectivity index (χ0n) is 13.7. The van der Waals surface area contributed by atoms with Crippen LogP contribution in [0.1, 0.15) is 19.4 Å². The van der Waals surface area contributed by atoms with Gasteiger partial charge in [-0.2, -0.15) is 0 Å². The Morgan fingerprint density at radius 2 is 1.75 bits per heavy atom. The number of carbonyl (C=O) groups is 3. The van der Waals surface area contributed by atoms with Crippen molar-refractivity contribution in [1.82, 2.24) is 10.6 Å². The van der Waals surface area contributed by atoms with Crippen molar-refractivity contribution in [1.29, 1.82) is 0 Å². The van der Waals surface area contributed by atoms with E-state index in [1.807, 2.05) is 0 Å². The van der Waals surface area contributed by atoms with Gasteiger partial charge in [-0.15, -0.1) is 0 Å². The van der Waals surface area contributed by atoms with Crippen LogP contribution in [0.3, 0.4) is 0 Å². The number of carboxylic acids is 1. The third-order valence-corrected chi connectivity index (χ3v) is 3.44. The van der Waals surface area contributed by atoms with E-state index in [1.165, 1.54) is 12.1 Å². The number of carboxylic acid groups (broad SMARTS) is 1. The molecule has 24 heavy (non-hydrogen) atoms. The minimum atomic E-state index is -1.40. The Labute approximate surface area is 140 Å². The molecule has 8 heteroatoms. The molecule has 1 aromatic rings. The number of carbonyl (C=O) groups excluding carboxylic acids is 3. The highest BCUT2D eigenvalue weighted by Gasteiger charge is 2.27. The number of rotatable bonds is 8. The highest BCUT2D eigenvalue weighted by Crippen LogP contribution is 2.11. The van der Waals surface area contributed by atoms with Crippen LogP contribution in [0.25, 0.3) is 0 Å². The number of phenolic OH excluding ortho intramolecular Hbond substituents is 1. The van der Waals surface area contributed by atoms with E-state index >= 15 is 0 Å². The first-order valence-electron chi connectivity index (χ1n) is 7.59. The molecular weight excluding hydrogens is 314 g/mol. The lowest BCUT2D eigenvalue weighted by Gasteiger charge is -2.22. The standard InChI is InChI=1S/C16H23N3O5/c1-9(2)14(16(24)18-8-13(21)22)19-15(23)12(17)7-10-3-5-11(20)6-4-10/h3-6,9,12,14,20H,7-8,17H2,1-2H3,(H,18,24)(H,19,23)(H,21,22)/t12-,14+/m1/s1. The van der Waals surface area contributed by atoms with E-state index < -0.39 is 36.4 Å². The normalized spacial score (nSPS) is 13.2. The van der Waals surface area contributed by atoms with Crippen molar-refractivity contribution in [3.63, 3.8) is 0 Å². The molecule has 1 rings (SSSR count). The van der Waals surface area contributed by atoms with Gasteiger partial charge in [0.15, 0.2) is 6.04 Å². The predicted octanol–water partition coefficient (Wildman–Crippen LogP) is -2.45. The van der Waals surface area contributed by atoms with Crippen LogP contribution in [-0.2, 0) is 20.8 Å². The lowest BCUT2D eigenvalue weighted by atomic mass is 10.0. The fraction of sp³-hybridized carbons (Fsp3) is 0.438. The molecule has 0 bridgehead atoms. The largest absolute Gasteiger partial charge is 0.548 e. The number of benzene rings is 1. The minimum Gasteiger partial charge on any atom is -0.548 e. The van der Waals surface area contributed by atoms with Crippen LogP contribution in [-0.4, -0.2) is 41.5 Å². The van der Waals surface area contributed by atoms with Gasteiger partial charge in [0.05, 0.1) is 12.5 Å². The molecule has 0 radical (unpaired) electrons. The van der Waals surface area contributed by atoms with E-state index in [0.717, 1.165) is 5.56 Å². The Morgan fingerprint density at radius 1 is 1.17 bits per heavy atom. The van der Waals surface area contributed by atoms with Gasteiger partial charge in [-0.05, 0) is 23.6 Å². The second kappa shape index (κ2) is 8.88. The van der Waals surface area contributed by atoms with Crippen molar-refractivity contribution in [2.75, 3.05) is 6.54 Å². The molecule has 132 valence electrons. The number of nitrogens with one attached hydrogen (secondary N) is 2. The van der Waals surface area contributed by atoms with E-state index in [0.29, 0.717) is 6.42 Å². The molecule has 1 aromatic carbocycles. The number of aromatic hydroxyl groups is 1. The highest BCUT2D eigenvalue weighted by atomic mass is 16.4. The first kappa shape index (κ1) is 19.4. The summed E-state index contributed by atoms with van der Waals surface area (Å²) in [6, 6.07) is 4.92. The molecule has 0 fully saturated rings. The maximum atomic E-state index is 12.2. The predicted molar refractivity (Wildman–Crippen MR) is 83.3 cm³/mol. The summed E-state index contributed by atoms with van der Waals surface area (Å²) in [6.45, 7) is 2.86. The maximum Gasteiger partial charge on any atom is 0.279 e.